The maximum atomic E-state index is 11.0. The Morgan fingerprint density at radius 3 is 2.18 bits per heavy atom. The van der Waals surface area contributed by atoms with Crippen LogP contribution < -0.4 is 5.32 Å². The van der Waals surface area contributed by atoms with Gasteiger partial charge in [-0.05, 0) is 25.3 Å². The fraction of sp³-hybridized carbons (Fsp3) is 0.926. The van der Waals surface area contributed by atoms with E-state index in [1.807, 2.05) is 0 Å². The van der Waals surface area contributed by atoms with E-state index in [4.69, 9.17) is 28.8 Å². The van der Waals surface area contributed by atoms with E-state index in [0.29, 0.717) is 0 Å². The molecule has 13 unspecified atom stereocenters. The molecule has 0 aromatic heterocycles. The largest absolute Gasteiger partial charge is 0.396 e. The number of ether oxygens (including phenoxy) is 5. The first kappa shape index (κ1) is 38.5. The Kier molecular flexibility index (Phi) is 14.9. The van der Waals surface area contributed by atoms with Crippen LogP contribution in [0.5, 0.6) is 0 Å². The first-order chi connectivity index (χ1) is 21.3. The van der Waals surface area contributed by atoms with Gasteiger partial charge in [-0.2, -0.15) is 0 Å². The smallest absolute Gasteiger partial charge is 0.187 e. The van der Waals surface area contributed by atoms with Crippen LogP contribution >= 0.6 is 0 Å². The highest BCUT2D eigenvalue weighted by atomic mass is 16.7. The highest BCUT2D eigenvalue weighted by molar-refractivity contribution is 5.19. The molecular weight excluding hydrogens is 610 g/mol. The molecule has 2 heterocycles. The van der Waals surface area contributed by atoms with Crippen LogP contribution in [-0.4, -0.2) is 199 Å². The minimum absolute atomic E-state index is 0.0449. The SMILES string of the molecule is COC(CO)C(OC1OC(CO)C(OC2OC(C)C(N[C@H]3C=C(CO)[C@@H](O)[C@H](O)C3)C(O)C2O)C(O)C1O)C(O)[C@H](O)CCO. The molecule has 18 heteroatoms. The van der Waals surface area contributed by atoms with E-state index in [9.17, 15) is 56.2 Å². The Hall–Kier alpha value is -0.980. The Labute approximate surface area is 259 Å². The molecule has 18 nitrogen and oxygen atoms in total. The standard InChI is InChI=1S/C27H49NO17/c1-10-17(28-12-5-11(7-30)18(35)14(34)6-12)20(37)22(39)26(42-10)45-25-16(9-32)43-27(23(40)21(25)38)44-24(15(8-31)41-2)19(36)13(33)3-4-29/h5,10,12-40H,3-4,6-9H2,1-2H3/t10?,12-,13+,14+,15?,16?,17?,18+,19?,20?,21?,22?,23?,24?,25?,26?,27?/m0/s1. The molecule has 0 radical (unpaired) electrons. The lowest BCUT2D eigenvalue weighted by atomic mass is 9.88. The second-order valence-electron chi connectivity index (χ2n) is 11.6. The quantitative estimate of drug-likeness (QED) is 0.0727. The van der Waals surface area contributed by atoms with Crippen LogP contribution in [0.3, 0.4) is 0 Å². The van der Waals surface area contributed by atoms with Crippen LogP contribution in [-0.2, 0) is 23.7 Å². The van der Waals surface area contributed by atoms with E-state index in [1.165, 1.54) is 13.2 Å². The number of rotatable bonds is 15. The first-order valence-electron chi connectivity index (χ1n) is 14.8. The van der Waals surface area contributed by atoms with Gasteiger partial charge in [-0.1, -0.05) is 6.08 Å². The normalized spacial score (nSPS) is 42.1. The van der Waals surface area contributed by atoms with Crippen LogP contribution in [0.25, 0.3) is 0 Å². The molecule has 0 bridgehead atoms. The second kappa shape index (κ2) is 17.4. The molecule has 2 fully saturated rings. The molecule has 0 aromatic rings. The molecule has 17 atom stereocenters. The molecule has 264 valence electrons. The van der Waals surface area contributed by atoms with Gasteiger partial charge in [0.1, 0.15) is 61.0 Å². The Morgan fingerprint density at radius 2 is 1.60 bits per heavy atom. The molecule has 3 aliphatic rings. The van der Waals surface area contributed by atoms with Gasteiger partial charge in [-0.15, -0.1) is 0 Å². The molecule has 2 aliphatic heterocycles. The van der Waals surface area contributed by atoms with Crippen LogP contribution in [0.15, 0.2) is 11.6 Å². The molecule has 3 rings (SSSR count). The van der Waals surface area contributed by atoms with Crippen molar-refractivity contribution in [1.29, 1.82) is 0 Å². The number of nitrogens with one attached hydrogen (secondary N) is 1. The van der Waals surface area contributed by atoms with E-state index in [2.05, 4.69) is 5.32 Å². The zero-order chi connectivity index (χ0) is 33.6. The Bertz CT molecular complexity index is 911. The number of aliphatic hydroxyl groups excluding tert-OH is 12. The molecule has 1 aliphatic carbocycles. The third-order valence-corrected chi connectivity index (χ3v) is 8.50. The van der Waals surface area contributed by atoms with E-state index < -0.39 is 130 Å². The van der Waals surface area contributed by atoms with E-state index >= 15 is 0 Å². The van der Waals surface area contributed by atoms with Gasteiger partial charge in [-0.25, -0.2) is 0 Å². The van der Waals surface area contributed by atoms with Crippen LogP contribution in [0.4, 0.5) is 0 Å². The summed E-state index contributed by atoms with van der Waals surface area (Å²) < 4.78 is 27.8. The van der Waals surface area contributed by atoms with Gasteiger partial charge < -0.3 is 90.3 Å². The van der Waals surface area contributed by atoms with E-state index in [0.717, 1.165) is 0 Å². The summed E-state index contributed by atoms with van der Waals surface area (Å²) in [5.74, 6) is 0. The first-order valence-corrected chi connectivity index (χ1v) is 14.8. The summed E-state index contributed by atoms with van der Waals surface area (Å²) in [7, 11) is 1.19. The summed E-state index contributed by atoms with van der Waals surface area (Å²) in [6, 6.07) is -1.52. The van der Waals surface area contributed by atoms with Crippen molar-refractivity contribution in [2.45, 2.75) is 124 Å². The summed E-state index contributed by atoms with van der Waals surface area (Å²) in [6.45, 7) is -0.925. The molecule has 13 N–H and O–H groups in total. The minimum atomic E-state index is -1.91. The van der Waals surface area contributed by atoms with Crippen molar-refractivity contribution in [3.8, 4) is 0 Å². The topological polar surface area (TPSA) is 301 Å². The number of aliphatic hydroxyl groups is 12. The predicted octanol–water partition coefficient (Wildman–Crippen LogP) is -6.86. The van der Waals surface area contributed by atoms with Gasteiger partial charge in [0.2, 0.25) is 0 Å². The maximum Gasteiger partial charge on any atom is 0.187 e. The van der Waals surface area contributed by atoms with E-state index in [-0.39, 0.29) is 18.4 Å². The average Bonchev–Trinajstić information content (AvgIpc) is 3.02. The van der Waals surface area contributed by atoms with Crippen LogP contribution in [0.2, 0.25) is 0 Å². The minimum Gasteiger partial charge on any atom is -0.396 e. The number of hydrogen-bond donors (Lipinski definition) is 13. The maximum absolute atomic E-state index is 11.0. The lowest BCUT2D eigenvalue weighted by Crippen LogP contribution is -2.67. The predicted molar refractivity (Wildman–Crippen MR) is 148 cm³/mol. The van der Waals surface area contributed by atoms with Gasteiger partial charge in [0.05, 0.1) is 44.2 Å². The molecule has 0 spiro atoms. The Morgan fingerprint density at radius 1 is 0.933 bits per heavy atom. The average molecular weight is 660 g/mol. The highest BCUT2D eigenvalue weighted by Gasteiger charge is 2.52. The molecule has 45 heavy (non-hydrogen) atoms. The van der Waals surface area contributed by atoms with Gasteiger partial charge in [0.15, 0.2) is 12.6 Å². The fourth-order valence-corrected chi connectivity index (χ4v) is 5.81. The zero-order valence-electron chi connectivity index (χ0n) is 25.0. The molecule has 0 aromatic carbocycles. The third-order valence-electron chi connectivity index (χ3n) is 8.50. The van der Waals surface area contributed by atoms with Crippen LogP contribution in [0.1, 0.15) is 19.8 Å². The zero-order valence-corrected chi connectivity index (χ0v) is 25.0. The lowest BCUT2D eigenvalue weighted by Gasteiger charge is -2.48. The van der Waals surface area contributed by atoms with Crippen LogP contribution in [0, 0.1) is 0 Å². The van der Waals surface area contributed by atoms with Crippen molar-refractivity contribution in [3.05, 3.63) is 11.6 Å². The summed E-state index contributed by atoms with van der Waals surface area (Å²) in [5, 5.41) is 126. The van der Waals surface area contributed by atoms with Crippen molar-refractivity contribution in [3.63, 3.8) is 0 Å². The second-order valence-corrected chi connectivity index (χ2v) is 11.6. The molecule has 0 saturated carbocycles. The summed E-state index contributed by atoms with van der Waals surface area (Å²) in [4.78, 5) is 0. The molecular formula is C27H49NO17. The molecule has 0 amide bonds. The summed E-state index contributed by atoms with van der Waals surface area (Å²) in [6.07, 6.45) is -21.3. The van der Waals surface area contributed by atoms with Crippen molar-refractivity contribution >= 4 is 0 Å². The third kappa shape index (κ3) is 8.93. The van der Waals surface area contributed by atoms with Gasteiger partial charge in [0, 0.05) is 19.8 Å². The monoisotopic (exact) mass is 659 g/mol. The van der Waals surface area contributed by atoms with Gasteiger partial charge >= 0.3 is 0 Å². The Balaban J connectivity index is 1.70. The van der Waals surface area contributed by atoms with Crippen molar-refractivity contribution in [2.24, 2.45) is 0 Å². The van der Waals surface area contributed by atoms with Gasteiger partial charge in [0.25, 0.3) is 0 Å². The highest BCUT2D eigenvalue weighted by Crippen LogP contribution is 2.31. The van der Waals surface area contributed by atoms with Gasteiger partial charge in [-0.3, -0.25) is 0 Å². The van der Waals surface area contributed by atoms with E-state index in [1.54, 1.807) is 6.92 Å². The molecule has 2 saturated heterocycles. The summed E-state index contributed by atoms with van der Waals surface area (Å²) >= 11 is 0. The fourth-order valence-electron chi connectivity index (χ4n) is 5.81. The van der Waals surface area contributed by atoms with Crippen molar-refractivity contribution in [2.75, 3.05) is 33.5 Å². The van der Waals surface area contributed by atoms with Crippen molar-refractivity contribution < 1.29 is 85.0 Å². The number of hydrogen-bond acceptors (Lipinski definition) is 18. The lowest BCUT2D eigenvalue weighted by molar-refractivity contribution is -0.361. The number of methoxy groups -OCH3 is 1. The summed E-state index contributed by atoms with van der Waals surface area (Å²) in [5.41, 5.74) is 0.185. The van der Waals surface area contributed by atoms with Crippen molar-refractivity contribution in [1.82, 2.24) is 5.32 Å².